The molecule has 0 unspecified atom stereocenters. The van der Waals surface area contributed by atoms with Crippen LogP contribution in [0.3, 0.4) is 0 Å². The second-order valence-electron chi connectivity index (χ2n) is 5.90. The number of aromatic nitrogens is 3. The summed E-state index contributed by atoms with van der Waals surface area (Å²) >= 11 is 0. The molecule has 1 aromatic carbocycles. The molecule has 0 amide bonds. The Labute approximate surface area is 137 Å². The lowest BCUT2D eigenvalue weighted by Gasteiger charge is -2.31. The van der Waals surface area contributed by atoms with E-state index < -0.39 is 5.97 Å². The normalized spacial score (nSPS) is 18.0. The number of benzene rings is 1. The van der Waals surface area contributed by atoms with E-state index in [0.29, 0.717) is 35.6 Å². The van der Waals surface area contributed by atoms with Gasteiger partial charge < -0.3 is 14.5 Å². The van der Waals surface area contributed by atoms with Crippen molar-refractivity contribution in [1.82, 2.24) is 15.1 Å². The van der Waals surface area contributed by atoms with Gasteiger partial charge in [0.1, 0.15) is 17.5 Å². The molecule has 1 saturated heterocycles. The van der Waals surface area contributed by atoms with Crippen molar-refractivity contribution in [2.75, 3.05) is 18.0 Å². The number of aliphatic carboxylic acids is 1. The molecule has 0 bridgehead atoms. The highest BCUT2D eigenvalue weighted by molar-refractivity contribution is 5.93. The fourth-order valence-corrected chi connectivity index (χ4v) is 3.13. The van der Waals surface area contributed by atoms with E-state index in [0.717, 1.165) is 18.5 Å². The van der Waals surface area contributed by atoms with E-state index in [1.54, 1.807) is 0 Å². The van der Waals surface area contributed by atoms with Crippen LogP contribution in [0.1, 0.15) is 12.8 Å². The Hall–Kier alpha value is -2.96. The number of piperidine rings is 1. The van der Waals surface area contributed by atoms with Gasteiger partial charge in [0.2, 0.25) is 5.58 Å². The zero-order chi connectivity index (χ0) is 16.5. The third-order valence-corrected chi connectivity index (χ3v) is 4.35. The molecule has 7 nitrogen and oxygen atoms in total. The van der Waals surface area contributed by atoms with E-state index in [9.17, 15) is 9.90 Å². The Bertz CT molecular complexity index is 878. The van der Waals surface area contributed by atoms with Crippen LogP contribution >= 0.6 is 0 Å². The van der Waals surface area contributed by atoms with Gasteiger partial charge in [-0.05, 0) is 12.8 Å². The summed E-state index contributed by atoms with van der Waals surface area (Å²) in [7, 11) is 0. The summed E-state index contributed by atoms with van der Waals surface area (Å²) < 4.78 is 5.52. The van der Waals surface area contributed by atoms with Gasteiger partial charge in [0, 0.05) is 18.7 Å². The van der Waals surface area contributed by atoms with Crippen LogP contribution in [-0.4, -0.2) is 39.3 Å². The predicted molar refractivity (Wildman–Crippen MR) is 87.6 cm³/mol. The van der Waals surface area contributed by atoms with Crippen LogP contribution in [0, 0.1) is 5.92 Å². The Balaban J connectivity index is 1.75. The van der Waals surface area contributed by atoms with Gasteiger partial charge in [0.25, 0.3) is 0 Å². The number of nitrogens with zero attached hydrogens (tertiary/aromatic N) is 4. The molecular weight excluding hydrogens is 308 g/mol. The average molecular weight is 324 g/mol. The number of rotatable bonds is 3. The van der Waals surface area contributed by atoms with Crippen molar-refractivity contribution >= 4 is 22.9 Å². The molecule has 0 aliphatic carbocycles. The molecule has 4 rings (SSSR count). The number of carbonyl (C=O) groups is 1. The number of carboxylic acids is 1. The van der Waals surface area contributed by atoms with E-state index in [1.165, 1.54) is 6.33 Å². The standard InChI is InChI=1S/C17H16N4O3/c22-17(23)12-7-4-8-21(9-12)16-15-14(18-10-19-16)13(20-24-15)11-5-2-1-3-6-11/h1-3,5-6,10,12H,4,7-9H2,(H,22,23)/t12-/m1/s1. The smallest absolute Gasteiger partial charge is 0.308 e. The number of carboxylic acid groups (broad SMARTS) is 1. The molecule has 0 saturated carbocycles. The molecule has 1 fully saturated rings. The third kappa shape index (κ3) is 2.47. The predicted octanol–water partition coefficient (Wildman–Crippen LogP) is 2.59. The van der Waals surface area contributed by atoms with E-state index in [-0.39, 0.29) is 5.92 Å². The van der Waals surface area contributed by atoms with E-state index in [1.807, 2.05) is 35.2 Å². The van der Waals surface area contributed by atoms with Crippen LogP contribution in [-0.2, 0) is 4.79 Å². The lowest BCUT2D eigenvalue weighted by Crippen LogP contribution is -2.39. The topological polar surface area (TPSA) is 92.3 Å². The van der Waals surface area contributed by atoms with Gasteiger partial charge in [-0.3, -0.25) is 4.79 Å². The summed E-state index contributed by atoms with van der Waals surface area (Å²) in [4.78, 5) is 21.9. The monoisotopic (exact) mass is 324 g/mol. The number of anilines is 1. The van der Waals surface area contributed by atoms with E-state index >= 15 is 0 Å². The van der Waals surface area contributed by atoms with Crippen LogP contribution in [0.5, 0.6) is 0 Å². The molecule has 3 aromatic rings. The maximum Gasteiger partial charge on any atom is 0.308 e. The first-order valence-corrected chi connectivity index (χ1v) is 7.87. The Morgan fingerprint density at radius 2 is 2.08 bits per heavy atom. The SMILES string of the molecule is O=C(O)[C@@H]1CCCN(c2ncnc3c(-c4ccccc4)noc23)C1. The molecule has 2 aromatic heterocycles. The van der Waals surface area contributed by atoms with Gasteiger partial charge >= 0.3 is 5.97 Å². The maximum atomic E-state index is 11.3. The van der Waals surface area contributed by atoms with E-state index in [4.69, 9.17) is 4.52 Å². The van der Waals surface area contributed by atoms with Crippen molar-refractivity contribution < 1.29 is 14.4 Å². The number of fused-ring (bicyclic) bond motifs is 1. The van der Waals surface area contributed by atoms with Crippen molar-refractivity contribution in [3.8, 4) is 11.3 Å². The van der Waals surface area contributed by atoms with Crippen LogP contribution in [0.25, 0.3) is 22.4 Å². The highest BCUT2D eigenvalue weighted by Gasteiger charge is 2.28. The van der Waals surface area contributed by atoms with Crippen molar-refractivity contribution in [3.63, 3.8) is 0 Å². The van der Waals surface area contributed by atoms with Crippen molar-refractivity contribution in [1.29, 1.82) is 0 Å². The quantitative estimate of drug-likeness (QED) is 0.791. The number of hydrogen-bond acceptors (Lipinski definition) is 6. The zero-order valence-corrected chi connectivity index (χ0v) is 12.9. The molecule has 1 aliphatic rings. The minimum Gasteiger partial charge on any atom is -0.481 e. The van der Waals surface area contributed by atoms with Crippen LogP contribution in [0.15, 0.2) is 41.2 Å². The molecule has 1 atom stereocenters. The summed E-state index contributed by atoms with van der Waals surface area (Å²) in [6, 6.07) is 9.69. The lowest BCUT2D eigenvalue weighted by molar-refractivity contribution is -0.141. The molecular formula is C17H16N4O3. The zero-order valence-electron chi connectivity index (χ0n) is 12.9. The molecule has 0 radical (unpaired) electrons. The molecule has 0 spiro atoms. The fourth-order valence-electron chi connectivity index (χ4n) is 3.13. The van der Waals surface area contributed by atoms with Gasteiger partial charge in [-0.2, -0.15) is 0 Å². The summed E-state index contributed by atoms with van der Waals surface area (Å²) in [5.74, 6) is -0.548. The van der Waals surface area contributed by atoms with Crippen LogP contribution in [0.4, 0.5) is 5.82 Å². The minimum absolute atomic E-state index is 0.389. The van der Waals surface area contributed by atoms with E-state index in [2.05, 4.69) is 15.1 Å². The minimum atomic E-state index is -0.771. The summed E-state index contributed by atoms with van der Waals surface area (Å²) in [5, 5.41) is 13.4. The third-order valence-electron chi connectivity index (χ3n) is 4.35. The van der Waals surface area contributed by atoms with Crippen LogP contribution < -0.4 is 4.90 Å². The first-order valence-electron chi connectivity index (χ1n) is 7.87. The molecule has 24 heavy (non-hydrogen) atoms. The fraction of sp³-hybridized carbons (Fsp3) is 0.294. The van der Waals surface area contributed by atoms with Crippen molar-refractivity contribution in [2.45, 2.75) is 12.8 Å². The second-order valence-corrected chi connectivity index (χ2v) is 5.90. The Morgan fingerprint density at radius 1 is 1.25 bits per heavy atom. The number of hydrogen-bond donors (Lipinski definition) is 1. The maximum absolute atomic E-state index is 11.3. The Kier molecular flexibility index (Phi) is 3.60. The lowest BCUT2D eigenvalue weighted by atomic mass is 9.98. The highest BCUT2D eigenvalue weighted by Crippen LogP contribution is 2.32. The first-order chi connectivity index (χ1) is 11.7. The van der Waals surface area contributed by atoms with Crippen LogP contribution in [0.2, 0.25) is 0 Å². The molecule has 1 aliphatic heterocycles. The first kappa shape index (κ1) is 14.6. The molecule has 7 heteroatoms. The molecule has 122 valence electrons. The van der Waals surface area contributed by atoms with Crippen molar-refractivity contribution in [3.05, 3.63) is 36.7 Å². The van der Waals surface area contributed by atoms with Gasteiger partial charge in [-0.15, -0.1) is 0 Å². The summed E-state index contributed by atoms with van der Waals surface area (Å²) in [5.41, 5.74) is 2.73. The summed E-state index contributed by atoms with van der Waals surface area (Å²) in [6.45, 7) is 1.17. The summed E-state index contributed by atoms with van der Waals surface area (Å²) in [6.07, 6.45) is 2.97. The van der Waals surface area contributed by atoms with Crippen molar-refractivity contribution in [2.24, 2.45) is 5.92 Å². The highest BCUT2D eigenvalue weighted by atomic mass is 16.5. The largest absolute Gasteiger partial charge is 0.481 e. The van der Waals surface area contributed by atoms with Gasteiger partial charge in [0.15, 0.2) is 5.82 Å². The average Bonchev–Trinajstić information content (AvgIpc) is 3.06. The van der Waals surface area contributed by atoms with Gasteiger partial charge in [-0.25, -0.2) is 9.97 Å². The van der Waals surface area contributed by atoms with Gasteiger partial charge in [-0.1, -0.05) is 35.5 Å². The molecule has 1 N–H and O–H groups in total. The molecule has 3 heterocycles. The second kappa shape index (κ2) is 5.92. The van der Waals surface area contributed by atoms with Gasteiger partial charge in [0.05, 0.1) is 5.92 Å². The Morgan fingerprint density at radius 3 is 2.88 bits per heavy atom.